The molecule has 0 radical (unpaired) electrons. The first kappa shape index (κ1) is 14.2. The van der Waals surface area contributed by atoms with Crippen LogP contribution >= 0.6 is 0 Å². The first-order valence-corrected chi connectivity index (χ1v) is 6.88. The Bertz CT molecular complexity index is 431. The number of anilines is 1. The van der Waals surface area contributed by atoms with Gasteiger partial charge in [0, 0.05) is 36.4 Å². The predicted molar refractivity (Wildman–Crippen MR) is 79.9 cm³/mol. The van der Waals surface area contributed by atoms with Crippen molar-refractivity contribution in [3.8, 4) is 5.75 Å². The van der Waals surface area contributed by atoms with Crippen molar-refractivity contribution in [1.82, 2.24) is 4.90 Å². The largest absolute Gasteiger partial charge is 0.496 e. The summed E-state index contributed by atoms with van der Waals surface area (Å²) >= 11 is 0. The second kappa shape index (κ2) is 5.80. The van der Waals surface area contributed by atoms with Crippen LogP contribution < -0.4 is 15.4 Å². The number of likely N-dealkylation sites (N-methyl/N-ethyl adjacent to an activating group) is 1. The molecule has 1 saturated heterocycles. The molecule has 1 fully saturated rings. The van der Waals surface area contributed by atoms with Gasteiger partial charge in [0.05, 0.1) is 7.11 Å². The highest BCUT2D eigenvalue weighted by molar-refractivity contribution is 5.61. The molecule has 1 aromatic carbocycles. The monoisotopic (exact) mass is 263 g/mol. The minimum absolute atomic E-state index is 0.0236. The summed E-state index contributed by atoms with van der Waals surface area (Å²) in [7, 11) is 6.00. The highest BCUT2D eigenvalue weighted by Crippen LogP contribution is 2.35. The molecule has 19 heavy (non-hydrogen) atoms. The molecule has 2 atom stereocenters. The summed E-state index contributed by atoms with van der Waals surface area (Å²) in [5.74, 6) is 0.890. The van der Waals surface area contributed by atoms with Crippen molar-refractivity contribution in [2.24, 2.45) is 5.73 Å². The summed E-state index contributed by atoms with van der Waals surface area (Å²) in [6, 6.07) is 6.78. The van der Waals surface area contributed by atoms with Crippen LogP contribution in [0.5, 0.6) is 5.75 Å². The number of hydrogen-bond donors (Lipinski definition) is 1. The highest BCUT2D eigenvalue weighted by Gasteiger charge is 2.27. The van der Waals surface area contributed by atoms with Crippen molar-refractivity contribution in [1.29, 1.82) is 0 Å². The van der Waals surface area contributed by atoms with E-state index >= 15 is 0 Å². The highest BCUT2D eigenvalue weighted by atomic mass is 16.5. The number of hydrogen-bond acceptors (Lipinski definition) is 4. The van der Waals surface area contributed by atoms with E-state index in [1.807, 2.05) is 19.1 Å². The second-order valence-corrected chi connectivity index (χ2v) is 5.53. The van der Waals surface area contributed by atoms with Crippen molar-refractivity contribution < 1.29 is 4.74 Å². The van der Waals surface area contributed by atoms with Gasteiger partial charge in [-0.15, -0.1) is 0 Å². The predicted octanol–water partition coefficient (Wildman–Crippen LogP) is 1.86. The van der Waals surface area contributed by atoms with E-state index in [0.717, 1.165) is 24.4 Å². The van der Waals surface area contributed by atoms with E-state index in [1.165, 1.54) is 12.1 Å². The average Bonchev–Trinajstić information content (AvgIpc) is 2.87. The lowest BCUT2D eigenvalue weighted by molar-refractivity contribution is 0.315. The van der Waals surface area contributed by atoms with Gasteiger partial charge in [-0.25, -0.2) is 0 Å². The maximum Gasteiger partial charge on any atom is 0.125 e. The molecule has 106 valence electrons. The third-order valence-electron chi connectivity index (χ3n) is 3.95. The standard InChI is InChI=1S/C15H25N3O/c1-11(16)15-13(6-5-7-14(15)19-4)18-9-8-12(10-18)17(2)3/h5-7,11-12H,8-10,16H2,1-4H3. The van der Waals surface area contributed by atoms with E-state index in [0.29, 0.717) is 6.04 Å². The number of ether oxygens (including phenoxy) is 1. The van der Waals surface area contributed by atoms with Gasteiger partial charge in [0.2, 0.25) is 0 Å². The van der Waals surface area contributed by atoms with Crippen molar-refractivity contribution in [3.05, 3.63) is 23.8 Å². The maximum absolute atomic E-state index is 6.14. The molecule has 1 aliphatic rings. The van der Waals surface area contributed by atoms with Crippen LogP contribution in [-0.2, 0) is 0 Å². The number of nitrogens with zero attached hydrogens (tertiary/aromatic N) is 2. The average molecular weight is 263 g/mol. The zero-order chi connectivity index (χ0) is 14.0. The van der Waals surface area contributed by atoms with Crippen molar-refractivity contribution in [2.75, 3.05) is 39.2 Å². The summed E-state index contributed by atoms with van der Waals surface area (Å²) in [6.07, 6.45) is 1.20. The Morgan fingerprint density at radius 3 is 2.68 bits per heavy atom. The van der Waals surface area contributed by atoms with Crippen LogP contribution in [0.25, 0.3) is 0 Å². The van der Waals surface area contributed by atoms with Crippen LogP contribution in [0.1, 0.15) is 24.9 Å². The molecule has 1 aromatic rings. The molecule has 2 N–H and O–H groups in total. The van der Waals surface area contributed by atoms with Gasteiger partial charge >= 0.3 is 0 Å². The summed E-state index contributed by atoms with van der Waals surface area (Å²) in [5.41, 5.74) is 8.47. The van der Waals surface area contributed by atoms with Crippen LogP contribution in [0.3, 0.4) is 0 Å². The topological polar surface area (TPSA) is 41.7 Å². The molecule has 2 rings (SSSR count). The molecule has 4 heteroatoms. The Labute approximate surface area is 116 Å². The van der Waals surface area contributed by atoms with Gasteiger partial charge in [-0.1, -0.05) is 6.07 Å². The van der Waals surface area contributed by atoms with Gasteiger partial charge in [0.1, 0.15) is 5.75 Å². The molecule has 0 aliphatic carbocycles. The van der Waals surface area contributed by atoms with E-state index in [4.69, 9.17) is 10.5 Å². The molecule has 0 bridgehead atoms. The molecule has 2 unspecified atom stereocenters. The van der Waals surface area contributed by atoms with Crippen molar-refractivity contribution in [3.63, 3.8) is 0 Å². The summed E-state index contributed by atoms with van der Waals surface area (Å²) < 4.78 is 5.46. The number of nitrogens with two attached hydrogens (primary N) is 1. The molecule has 1 aliphatic heterocycles. The van der Waals surface area contributed by atoms with E-state index in [2.05, 4.69) is 30.0 Å². The van der Waals surface area contributed by atoms with Gasteiger partial charge in [0.15, 0.2) is 0 Å². The Balaban J connectivity index is 2.30. The molecular formula is C15H25N3O. The fourth-order valence-electron chi connectivity index (χ4n) is 2.83. The van der Waals surface area contributed by atoms with Crippen LogP contribution in [0.4, 0.5) is 5.69 Å². The minimum Gasteiger partial charge on any atom is -0.496 e. The molecular weight excluding hydrogens is 238 g/mol. The Kier molecular flexibility index (Phi) is 4.32. The lowest BCUT2D eigenvalue weighted by atomic mass is 10.0. The van der Waals surface area contributed by atoms with Crippen LogP contribution in [0.15, 0.2) is 18.2 Å². The van der Waals surface area contributed by atoms with E-state index in [-0.39, 0.29) is 6.04 Å². The fourth-order valence-corrected chi connectivity index (χ4v) is 2.83. The van der Waals surface area contributed by atoms with Gasteiger partial charge in [-0.3, -0.25) is 0 Å². The first-order chi connectivity index (χ1) is 9.04. The molecule has 0 aromatic heterocycles. The second-order valence-electron chi connectivity index (χ2n) is 5.53. The van der Waals surface area contributed by atoms with E-state index in [1.54, 1.807) is 7.11 Å². The summed E-state index contributed by atoms with van der Waals surface area (Å²) in [5, 5.41) is 0. The minimum atomic E-state index is -0.0236. The van der Waals surface area contributed by atoms with Gasteiger partial charge in [-0.05, 0) is 39.6 Å². The maximum atomic E-state index is 6.14. The van der Waals surface area contributed by atoms with Crippen LogP contribution in [-0.4, -0.2) is 45.2 Å². The molecule has 4 nitrogen and oxygen atoms in total. The van der Waals surface area contributed by atoms with Crippen LogP contribution in [0, 0.1) is 0 Å². The molecule has 0 amide bonds. The summed E-state index contributed by atoms with van der Waals surface area (Å²) in [6.45, 7) is 4.15. The van der Waals surface area contributed by atoms with Crippen molar-refractivity contribution >= 4 is 5.69 Å². The number of rotatable bonds is 4. The van der Waals surface area contributed by atoms with E-state index in [9.17, 15) is 0 Å². The molecule has 1 heterocycles. The molecule has 0 spiro atoms. The smallest absolute Gasteiger partial charge is 0.125 e. The van der Waals surface area contributed by atoms with Gasteiger partial charge in [-0.2, -0.15) is 0 Å². The Morgan fingerprint density at radius 2 is 2.16 bits per heavy atom. The fraction of sp³-hybridized carbons (Fsp3) is 0.600. The molecule has 0 saturated carbocycles. The van der Waals surface area contributed by atoms with Crippen LogP contribution in [0.2, 0.25) is 0 Å². The third-order valence-corrected chi connectivity index (χ3v) is 3.95. The van der Waals surface area contributed by atoms with Gasteiger partial charge in [0.25, 0.3) is 0 Å². The number of benzene rings is 1. The first-order valence-electron chi connectivity index (χ1n) is 6.88. The third kappa shape index (κ3) is 2.85. The lowest BCUT2D eigenvalue weighted by Gasteiger charge is -2.26. The van der Waals surface area contributed by atoms with Crippen molar-refractivity contribution in [2.45, 2.75) is 25.4 Å². The van der Waals surface area contributed by atoms with E-state index < -0.39 is 0 Å². The lowest BCUT2D eigenvalue weighted by Crippen LogP contribution is -2.32. The summed E-state index contributed by atoms with van der Waals surface area (Å²) in [4.78, 5) is 4.72. The zero-order valence-corrected chi connectivity index (χ0v) is 12.4. The number of methoxy groups -OCH3 is 1. The Morgan fingerprint density at radius 1 is 1.42 bits per heavy atom. The Hall–Kier alpha value is -1.26. The van der Waals surface area contributed by atoms with Gasteiger partial charge < -0.3 is 20.3 Å². The zero-order valence-electron chi connectivity index (χ0n) is 12.4. The normalized spacial score (nSPS) is 20.9. The SMILES string of the molecule is COc1cccc(N2CCC(N(C)C)C2)c1C(C)N. The quantitative estimate of drug-likeness (QED) is 0.900.